The zero-order chi connectivity index (χ0) is 13.3. The van der Waals surface area contributed by atoms with E-state index in [1.54, 1.807) is 0 Å². The Morgan fingerprint density at radius 3 is 2.17 bits per heavy atom. The van der Waals surface area contributed by atoms with Gasteiger partial charge in [-0.05, 0) is 42.2 Å². The molecule has 2 atom stereocenters. The minimum Gasteiger partial charge on any atom is -0.307 e. The van der Waals surface area contributed by atoms with Gasteiger partial charge in [-0.2, -0.15) is 0 Å². The van der Waals surface area contributed by atoms with Gasteiger partial charge in [-0.3, -0.25) is 0 Å². The molecular weight excluding hydrogens is 218 g/mol. The third kappa shape index (κ3) is 3.35. The molecule has 0 radical (unpaired) electrons. The summed E-state index contributed by atoms with van der Waals surface area (Å²) in [6.45, 7) is 11.5. The van der Waals surface area contributed by atoms with Crippen molar-refractivity contribution in [3.8, 4) is 0 Å². The van der Waals surface area contributed by atoms with Crippen LogP contribution in [0.4, 0.5) is 0 Å². The highest BCUT2D eigenvalue weighted by molar-refractivity contribution is 5.25. The molecular formula is C17H27N. The van der Waals surface area contributed by atoms with E-state index in [2.05, 4.69) is 64.2 Å². The van der Waals surface area contributed by atoms with E-state index in [4.69, 9.17) is 0 Å². The molecule has 2 unspecified atom stereocenters. The van der Waals surface area contributed by atoms with Gasteiger partial charge in [0.25, 0.3) is 0 Å². The highest BCUT2D eigenvalue weighted by Crippen LogP contribution is 2.45. The van der Waals surface area contributed by atoms with Crippen LogP contribution in [0.1, 0.15) is 58.2 Å². The third-order valence-corrected chi connectivity index (χ3v) is 4.09. The molecule has 0 aromatic heterocycles. The van der Waals surface area contributed by atoms with E-state index in [9.17, 15) is 0 Å². The molecule has 0 saturated heterocycles. The molecule has 0 heterocycles. The monoisotopic (exact) mass is 245 g/mol. The average molecular weight is 245 g/mol. The van der Waals surface area contributed by atoms with Crippen LogP contribution in [0.15, 0.2) is 24.3 Å². The smallest absolute Gasteiger partial charge is 0.0294 e. The molecule has 1 heteroatoms. The molecule has 0 spiro atoms. The molecule has 100 valence electrons. The van der Waals surface area contributed by atoms with E-state index in [1.165, 1.54) is 24.0 Å². The van der Waals surface area contributed by atoms with Crippen LogP contribution >= 0.6 is 0 Å². The van der Waals surface area contributed by atoms with Gasteiger partial charge >= 0.3 is 0 Å². The van der Waals surface area contributed by atoms with E-state index in [0.717, 1.165) is 5.92 Å². The lowest BCUT2D eigenvalue weighted by Crippen LogP contribution is -2.24. The predicted octanol–water partition coefficient (Wildman–Crippen LogP) is 4.33. The first kappa shape index (κ1) is 13.6. The number of nitrogens with one attached hydrogen (secondary N) is 1. The van der Waals surface area contributed by atoms with Crippen LogP contribution in [0.25, 0.3) is 0 Å². The minimum atomic E-state index is 0.463. The second-order valence-electron chi connectivity index (χ2n) is 6.97. The Morgan fingerprint density at radius 2 is 1.72 bits per heavy atom. The van der Waals surface area contributed by atoms with Crippen molar-refractivity contribution >= 4 is 0 Å². The van der Waals surface area contributed by atoms with Crippen molar-refractivity contribution in [2.24, 2.45) is 11.3 Å². The Balaban J connectivity index is 1.92. The second-order valence-corrected chi connectivity index (χ2v) is 6.97. The van der Waals surface area contributed by atoms with Gasteiger partial charge in [0.15, 0.2) is 0 Å². The Kier molecular flexibility index (Phi) is 3.82. The maximum atomic E-state index is 3.72. The Hall–Kier alpha value is -0.820. The van der Waals surface area contributed by atoms with Crippen LogP contribution in [-0.2, 0) is 6.42 Å². The largest absolute Gasteiger partial charge is 0.307 e. The number of benzene rings is 1. The standard InChI is InChI=1S/C17H27N/c1-12(2)10-14-6-8-15(9-7-14)13(3)18-16-11-17(16,4)5/h6-9,12-13,16,18H,10-11H2,1-5H3. The molecule has 0 bridgehead atoms. The molecule has 18 heavy (non-hydrogen) atoms. The van der Waals surface area contributed by atoms with Gasteiger partial charge in [-0.1, -0.05) is 52.0 Å². The van der Waals surface area contributed by atoms with Crippen LogP contribution in [-0.4, -0.2) is 6.04 Å². The molecule has 2 rings (SSSR count). The van der Waals surface area contributed by atoms with Crippen LogP contribution in [0.2, 0.25) is 0 Å². The van der Waals surface area contributed by atoms with Gasteiger partial charge in [0.2, 0.25) is 0 Å². The first-order chi connectivity index (χ1) is 8.38. The van der Waals surface area contributed by atoms with E-state index >= 15 is 0 Å². The average Bonchev–Trinajstić information content (AvgIpc) is 2.86. The molecule has 1 aromatic rings. The Bertz CT molecular complexity index is 389. The van der Waals surface area contributed by atoms with Crippen molar-refractivity contribution in [1.82, 2.24) is 5.32 Å². The van der Waals surface area contributed by atoms with E-state index < -0.39 is 0 Å². The van der Waals surface area contributed by atoms with Gasteiger partial charge in [0.1, 0.15) is 0 Å². The highest BCUT2D eigenvalue weighted by atomic mass is 15.0. The summed E-state index contributed by atoms with van der Waals surface area (Å²) in [4.78, 5) is 0. The first-order valence-corrected chi connectivity index (χ1v) is 7.23. The molecule has 1 N–H and O–H groups in total. The summed E-state index contributed by atoms with van der Waals surface area (Å²) in [7, 11) is 0. The van der Waals surface area contributed by atoms with Crippen LogP contribution in [0.3, 0.4) is 0 Å². The van der Waals surface area contributed by atoms with Gasteiger partial charge in [0, 0.05) is 12.1 Å². The molecule has 0 amide bonds. The summed E-state index contributed by atoms with van der Waals surface area (Å²) in [6.07, 6.45) is 2.49. The lowest BCUT2D eigenvalue weighted by atomic mass is 10.00. The zero-order valence-corrected chi connectivity index (χ0v) is 12.5. The maximum Gasteiger partial charge on any atom is 0.0294 e. The summed E-state index contributed by atoms with van der Waals surface area (Å²) in [5, 5.41) is 3.72. The Morgan fingerprint density at radius 1 is 1.17 bits per heavy atom. The number of hydrogen-bond donors (Lipinski definition) is 1. The van der Waals surface area contributed by atoms with Crippen LogP contribution in [0.5, 0.6) is 0 Å². The first-order valence-electron chi connectivity index (χ1n) is 7.23. The van der Waals surface area contributed by atoms with Crippen LogP contribution < -0.4 is 5.32 Å². The summed E-state index contributed by atoms with van der Waals surface area (Å²) in [5.41, 5.74) is 3.36. The van der Waals surface area contributed by atoms with Crippen molar-refractivity contribution < 1.29 is 0 Å². The molecule has 0 aliphatic heterocycles. The number of rotatable bonds is 5. The summed E-state index contributed by atoms with van der Waals surface area (Å²) in [5.74, 6) is 0.735. The van der Waals surface area contributed by atoms with Crippen LogP contribution in [0, 0.1) is 11.3 Å². The lowest BCUT2D eigenvalue weighted by Gasteiger charge is -2.16. The fourth-order valence-corrected chi connectivity index (χ4v) is 2.56. The zero-order valence-electron chi connectivity index (χ0n) is 12.5. The molecule has 1 saturated carbocycles. The summed E-state index contributed by atoms with van der Waals surface area (Å²) in [6, 6.07) is 10.3. The van der Waals surface area contributed by atoms with Crippen molar-refractivity contribution in [3.05, 3.63) is 35.4 Å². The Labute approximate surface area is 112 Å². The van der Waals surface area contributed by atoms with Gasteiger partial charge in [-0.15, -0.1) is 0 Å². The van der Waals surface area contributed by atoms with E-state index in [-0.39, 0.29) is 0 Å². The van der Waals surface area contributed by atoms with E-state index in [1.807, 2.05) is 0 Å². The molecule has 1 nitrogen and oxygen atoms in total. The van der Waals surface area contributed by atoms with E-state index in [0.29, 0.717) is 17.5 Å². The second kappa shape index (κ2) is 5.05. The normalized spacial score (nSPS) is 23.1. The van der Waals surface area contributed by atoms with Crippen molar-refractivity contribution in [2.75, 3.05) is 0 Å². The van der Waals surface area contributed by atoms with Crippen molar-refractivity contribution in [1.29, 1.82) is 0 Å². The highest BCUT2D eigenvalue weighted by Gasteiger charge is 2.45. The van der Waals surface area contributed by atoms with Gasteiger partial charge in [-0.25, -0.2) is 0 Å². The quantitative estimate of drug-likeness (QED) is 0.814. The van der Waals surface area contributed by atoms with Gasteiger partial charge in [0.05, 0.1) is 0 Å². The summed E-state index contributed by atoms with van der Waals surface area (Å²) < 4.78 is 0. The fraction of sp³-hybridized carbons (Fsp3) is 0.647. The third-order valence-electron chi connectivity index (χ3n) is 4.09. The molecule has 1 aliphatic carbocycles. The predicted molar refractivity (Wildman–Crippen MR) is 78.7 cm³/mol. The number of hydrogen-bond acceptors (Lipinski definition) is 1. The maximum absolute atomic E-state index is 3.72. The van der Waals surface area contributed by atoms with Gasteiger partial charge < -0.3 is 5.32 Å². The summed E-state index contributed by atoms with van der Waals surface area (Å²) >= 11 is 0. The molecule has 1 aromatic carbocycles. The molecule has 1 fully saturated rings. The topological polar surface area (TPSA) is 12.0 Å². The molecule has 1 aliphatic rings. The van der Waals surface area contributed by atoms with Crippen molar-refractivity contribution in [3.63, 3.8) is 0 Å². The van der Waals surface area contributed by atoms with Crippen molar-refractivity contribution in [2.45, 2.75) is 59.5 Å². The minimum absolute atomic E-state index is 0.463. The fourth-order valence-electron chi connectivity index (χ4n) is 2.56. The lowest BCUT2D eigenvalue weighted by molar-refractivity contribution is 0.492. The SMILES string of the molecule is CC(C)Cc1ccc(C(C)NC2CC2(C)C)cc1.